The average Bonchev–Trinajstić information content (AvgIpc) is 3.23. The first kappa shape index (κ1) is 26.1. The molecule has 3 aromatic heterocycles. The Morgan fingerprint density at radius 3 is 2.41 bits per heavy atom. The van der Waals surface area contributed by atoms with Crippen molar-refractivity contribution in [2.45, 2.75) is 110 Å². The van der Waals surface area contributed by atoms with Gasteiger partial charge in [0.15, 0.2) is 0 Å². The lowest BCUT2D eigenvalue weighted by molar-refractivity contribution is 0.111. The molecule has 0 bridgehead atoms. The van der Waals surface area contributed by atoms with Gasteiger partial charge in [0, 0.05) is 47.8 Å². The lowest BCUT2D eigenvalue weighted by atomic mass is 9.89. The van der Waals surface area contributed by atoms with Crippen molar-refractivity contribution in [3.05, 3.63) is 47.0 Å². The molecule has 1 atom stereocenters. The Morgan fingerprint density at radius 2 is 1.73 bits per heavy atom. The van der Waals surface area contributed by atoms with Gasteiger partial charge in [-0.2, -0.15) is 4.98 Å². The average molecular weight is 505 g/mol. The van der Waals surface area contributed by atoms with Crippen molar-refractivity contribution < 1.29 is 5.11 Å². The fourth-order valence-corrected chi connectivity index (χ4v) is 6.46. The van der Waals surface area contributed by atoms with Gasteiger partial charge in [-0.1, -0.05) is 13.3 Å². The molecule has 0 amide bonds. The van der Waals surface area contributed by atoms with Crippen molar-refractivity contribution >= 4 is 17.0 Å². The van der Waals surface area contributed by atoms with Gasteiger partial charge in [0.05, 0.1) is 6.10 Å². The molecule has 37 heavy (non-hydrogen) atoms. The molecule has 2 N–H and O–H groups in total. The van der Waals surface area contributed by atoms with E-state index in [1.807, 2.05) is 0 Å². The number of aliphatic hydroxyl groups is 1. The third kappa shape index (κ3) is 6.15. The molecule has 5 rings (SSSR count). The number of anilines is 1. The van der Waals surface area contributed by atoms with E-state index in [2.05, 4.69) is 72.0 Å². The van der Waals surface area contributed by atoms with Crippen molar-refractivity contribution in [1.29, 1.82) is 0 Å². The van der Waals surface area contributed by atoms with Gasteiger partial charge in [-0.25, -0.2) is 4.98 Å². The Labute approximate surface area is 221 Å². The molecule has 1 saturated heterocycles. The topological polar surface area (TPSA) is 79.1 Å². The number of likely N-dealkylation sites (tertiary alicyclic amines) is 1. The highest BCUT2D eigenvalue weighted by molar-refractivity contribution is 5.81. The van der Waals surface area contributed by atoms with Gasteiger partial charge in [0.1, 0.15) is 5.65 Å². The molecule has 1 aliphatic heterocycles. The Bertz CT molecular complexity index is 1170. The Balaban J connectivity index is 1.36. The number of hydrogen-bond donors (Lipinski definition) is 2. The van der Waals surface area contributed by atoms with Crippen LogP contribution in [0.3, 0.4) is 0 Å². The van der Waals surface area contributed by atoms with E-state index in [0.717, 1.165) is 94.0 Å². The first-order valence-corrected chi connectivity index (χ1v) is 14.4. The summed E-state index contributed by atoms with van der Waals surface area (Å²) in [4.78, 5) is 16.9. The normalized spacial score (nSPS) is 22.4. The Kier molecular flexibility index (Phi) is 8.10. The predicted molar refractivity (Wildman–Crippen MR) is 150 cm³/mol. The number of fused-ring (bicyclic) bond motifs is 1. The number of hydrogen-bond acceptors (Lipinski definition) is 6. The van der Waals surface area contributed by atoms with Crippen LogP contribution in [0.15, 0.2) is 24.5 Å². The molecular formula is C30H44N6O. The summed E-state index contributed by atoms with van der Waals surface area (Å²) in [6.07, 6.45) is 12.6. The summed E-state index contributed by atoms with van der Waals surface area (Å²) in [6.45, 7) is 11.8. The van der Waals surface area contributed by atoms with E-state index in [-0.39, 0.29) is 6.10 Å². The van der Waals surface area contributed by atoms with Gasteiger partial charge in [-0.05, 0) is 108 Å². The summed E-state index contributed by atoms with van der Waals surface area (Å²) in [5.74, 6) is 1.25. The van der Waals surface area contributed by atoms with Crippen LogP contribution in [-0.4, -0.2) is 54.8 Å². The van der Waals surface area contributed by atoms with Crippen LogP contribution in [-0.2, 0) is 6.54 Å². The van der Waals surface area contributed by atoms with Crippen LogP contribution >= 0.6 is 0 Å². The van der Waals surface area contributed by atoms with Crippen LogP contribution < -0.4 is 5.32 Å². The predicted octanol–water partition coefficient (Wildman–Crippen LogP) is 5.90. The van der Waals surface area contributed by atoms with Crippen LogP contribution in [0.5, 0.6) is 0 Å². The number of nitrogens with one attached hydrogen (secondary N) is 1. The second kappa shape index (κ2) is 11.5. The van der Waals surface area contributed by atoms with E-state index in [4.69, 9.17) is 9.97 Å². The monoisotopic (exact) mass is 504 g/mol. The molecule has 7 heteroatoms. The van der Waals surface area contributed by atoms with Gasteiger partial charge < -0.3 is 15.0 Å². The molecule has 2 aliphatic rings. The molecule has 200 valence electrons. The van der Waals surface area contributed by atoms with Crippen molar-refractivity contribution in [3.63, 3.8) is 0 Å². The number of aryl methyl sites for hydroxylation is 2. The summed E-state index contributed by atoms with van der Waals surface area (Å²) in [5, 5.41) is 14.8. The van der Waals surface area contributed by atoms with Gasteiger partial charge in [-0.3, -0.25) is 9.88 Å². The van der Waals surface area contributed by atoms with Crippen molar-refractivity contribution in [3.8, 4) is 0 Å². The highest BCUT2D eigenvalue weighted by atomic mass is 16.3. The minimum absolute atomic E-state index is 0.156. The number of nitrogens with zero attached hydrogens (tertiary/aromatic N) is 5. The standard InChI is InChI=1S/C30H44N6O/c1-5-6-20(2)33-30-31-17-27-28(19-36(29(27)34-30)25-7-9-26(37)10-8-25)24-11-13-35(14-12-24)18-23-15-21(3)32-22(4)16-23/h15-17,19-20,24-26,37H,5-14,18H2,1-4H3,(H,31,33,34). The molecule has 3 aromatic rings. The second-order valence-corrected chi connectivity index (χ2v) is 11.5. The van der Waals surface area contributed by atoms with E-state index in [0.29, 0.717) is 18.0 Å². The summed E-state index contributed by atoms with van der Waals surface area (Å²) in [5.41, 5.74) is 6.04. The van der Waals surface area contributed by atoms with E-state index in [9.17, 15) is 5.11 Å². The summed E-state index contributed by atoms with van der Waals surface area (Å²) in [7, 11) is 0. The number of rotatable bonds is 8. The fourth-order valence-electron chi connectivity index (χ4n) is 6.46. The van der Waals surface area contributed by atoms with Crippen molar-refractivity contribution in [2.24, 2.45) is 0 Å². The minimum atomic E-state index is -0.156. The number of aromatic nitrogens is 4. The second-order valence-electron chi connectivity index (χ2n) is 11.5. The van der Waals surface area contributed by atoms with Gasteiger partial charge >= 0.3 is 0 Å². The highest BCUT2D eigenvalue weighted by Gasteiger charge is 2.28. The van der Waals surface area contributed by atoms with Gasteiger partial charge in [0.2, 0.25) is 5.95 Å². The van der Waals surface area contributed by atoms with Crippen molar-refractivity contribution in [2.75, 3.05) is 18.4 Å². The number of pyridine rings is 1. The maximum atomic E-state index is 10.1. The number of aliphatic hydroxyl groups excluding tert-OH is 1. The molecule has 1 aliphatic carbocycles. The zero-order valence-corrected chi connectivity index (χ0v) is 23.1. The Hall–Kier alpha value is -2.51. The lowest BCUT2D eigenvalue weighted by Gasteiger charge is -2.32. The fraction of sp³-hybridized carbons (Fsp3) is 0.633. The van der Waals surface area contributed by atoms with Crippen molar-refractivity contribution in [1.82, 2.24) is 24.4 Å². The largest absolute Gasteiger partial charge is 0.393 e. The van der Waals surface area contributed by atoms with E-state index < -0.39 is 0 Å². The molecule has 4 heterocycles. The summed E-state index contributed by atoms with van der Waals surface area (Å²) < 4.78 is 2.42. The Morgan fingerprint density at radius 1 is 1.03 bits per heavy atom. The van der Waals surface area contributed by atoms with E-state index in [1.54, 1.807) is 0 Å². The molecule has 0 spiro atoms. The van der Waals surface area contributed by atoms with Crippen LogP contribution in [0.2, 0.25) is 0 Å². The summed E-state index contributed by atoms with van der Waals surface area (Å²) >= 11 is 0. The SMILES string of the molecule is CCCC(C)Nc1ncc2c(C3CCN(Cc4cc(C)nc(C)c4)CC3)cn(C3CCC(O)CC3)c2n1. The van der Waals surface area contributed by atoms with E-state index in [1.165, 1.54) is 16.5 Å². The maximum absolute atomic E-state index is 10.1. The quantitative estimate of drug-likeness (QED) is 0.398. The number of piperidine rings is 1. The molecule has 1 saturated carbocycles. The summed E-state index contributed by atoms with van der Waals surface area (Å²) in [6, 6.07) is 5.19. The van der Waals surface area contributed by atoms with Crippen LogP contribution in [0.1, 0.15) is 99.7 Å². The van der Waals surface area contributed by atoms with Crippen LogP contribution in [0.25, 0.3) is 11.0 Å². The molecule has 7 nitrogen and oxygen atoms in total. The van der Waals surface area contributed by atoms with Crippen LogP contribution in [0.4, 0.5) is 5.95 Å². The molecular weight excluding hydrogens is 460 g/mol. The van der Waals surface area contributed by atoms with Crippen LogP contribution in [0, 0.1) is 13.8 Å². The van der Waals surface area contributed by atoms with E-state index >= 15 is 0 Å². The first-order valence-electron chi connectivity index (χ1n) is 14.4. The first-order chi connectivity index (χ1) is 17.9. The molecule has 1 unspecified atom stereocenters. The zero-order chi connectivity index (χ0) is 25.9. The zero-order valence-electron chi connectivity index (χ0n) is 23.1. The highest BCUT2D eigenvalue weighted by Crippen LogP contribution is 2.38. The maximum Gasteiger partial charge on any atom is 0.224 e. The molecule has 0 aromatic carbocycles. The lowest BCUT2D eigenvalue weighted by Crippen LogP contribution is -2.32. The minimum Gasteiger partial charge on any atom is -0.393 e. The van der Waals surface area contributed by atoms with Gasteiger partial charge in [-0.15, -0.1) is 0 Å². The molecule has 2 fully saturated rings. The van der Waals surface area contributed by atoms with Gasteiger partial charge in [0.25, 0.3) is 0 Å². The third-order valence-electron chi connectivity index (χ3n) is 8.33. The third-order valence-corrected chi connectivity index (χ3v) is 8.33. The smallest absolute Gasteiger partial charge is 0.224 e. The molecule has 0 radical (unpaired) electrons.